The van der Waals surface area contributed by atoms with Crippen molar-refractivity contribution in [3.05, 3.63) is 88.0 Å². The van der Waals surface area contributed by atoms with E-state index in [0.29, 0.717) is 18.5 Å². The smallest absolute Gasteiger partial charge is 0.267 e. The normalized spacial score (nSPS) is 11.4. The van der Waals surface area contributed by atoms with Gasteiger partial charge < -0.3 is 15.7 Å². The summed E-state index contributed by atoms with van der Waals surface area (Å²) in [4.78, 5) is 24.8. The fourth-order valence-electron chi connectivity index (χ4n) is 2.19. The first-order chi connectivity index (χ1) is 13.1. The molecule has 0 fully saturated rings. The third-order valence-corrected chi connectivity index (χ3v) is 4.04. The van der Waals surface area contributed by atoms with E-state index in [1.54, 1.807) is 30.4 Å². The van der Waals surface area contributed by atoms with Gasteiger partial charge in [0.25, 0.3) is 11.8 Å². The number of halogens is 1. The van der Waals surface area contributed by atoms with Crippen LogP contribution in [0.1, 0.15) is 22.3 Å². The topological polar surface area (TPSA) is 78.4 Å². The lowest BCUT2D eigenvalue weighted by Gasteiger charge is -2.10. The van der Waals surface area contributed by atoms with Crippen molar-refractivity contribution in [2.75, 3.05) is 13.2 Å². The number of rotatable bonds is 8. The number of benzene rings is 2. The molecule has 0 radical (unpaired) electrons. The highest BCUT2D eigenvalue weighted by Gasteiger charge is 2.13. The predicted octanol–water partition coefficient (Wildman–Crippen LogP) is 3.27. The quantitative estimate of drug-likeness (QED) is 0.343. The van der Waals surface area contributed by atoms with Crippen LogP contribution in [0.2, 0.25) is 0 Å². The van der Waals surface area contributed by atoms with Crippen LogP contribution in [0.4, 0.5) is 0 Å². The molecule has 0 heterocycles. The van der Waals surface area contributed by atoms with Crippen LogP contribution < -0.4 is 10.6 Å². The Morgan fingerprint density at radius 3 is 2.56 bits per heavy atom. The first kappa shape index (κ1) is 20.6. The van der Waals surface area contributed by atoms with Gasteiger partial charge in [0.2, 0.25) is 0 Å². The van der Waals surface area contributed by atoms with E-state index in [1.165, 1.54) is 0 Å². The molecule has 2 aromatic carbocycles. The number of carbonyl (C=O) groups is 2. The predicted molar refractivity (Wildman–Crippen MR) is 110 cm³/mol. The molecule has 2 aromatic rings. The Bertz CT molecular complexity index is 832. The van der Waals surface area contributed by atoms with Crippen LogP contribution in [0, 0.1) is 0 Å². The number of hydrogen-bond acceptors (Lipinski definition) is 3. The molecule has 0 spiro atoms. The molecular weight excluding hydrogens is 408 g/mol. The van der Waals surface area contributed by atoms with Crippen LogP contribution >= 0.6 is 15.9 Å². The number of amides is 2. The van der Waals surface area contributed by atoms with E-state index >= 15 is 0 Å². The molecule has 0 aliphatic heterocycles. The number of aliphatic hydroxyl groups excluding tert-OH is 1. The summed E-state index contributed by atoms with van der Waals surface area (Å²) in [7, 11) is 0. The van der Waals surface area contributed by atoms with Gasteiger partial charge in [-0.3, -0.25) is 9.59 Å². The summed E-state index contributed by atoms with van der Waals surface area (Å²) < 4.78 is 0.775. The molecule has 0 aliphatic carbocycles. The summed E-state index contributed by atoms with van der Waals surface area (Å²) in [5.41, 5.74) is 1.54. The maximum absolute atomic E-state index is 12.5. The van der Waals surface area contributed by atoms with Crippen molar-refractivity contribution in [2.24, 2.45) is 0 Å². The molecule has 6 heteroatoms. The summed E-state index contributed by atoms with van der Waals surface area (Å²) in [6.45, 7) is 0.305. The average molecular weight is 429 g/mol. The molecule has 3 N–H and O–H groups in total. The molecule has 27 heavy (non-hydrogen) atoms. The van der Waals surface area contributed by atoms with Crippen LogP contribution in [0.5, 0.6) is 0 Å². The van der Waals surface area contributed by atoms with Crippen LogP contribution in [-0.4, -0.2) is 30.1 Å². The van der Waals surface area contributed by atoms with Gasteiger partial charge in [-0.25, -0.2) is 0 Å². The van der Waals surface area contributed by atoms with Crippen molar-refractivity contribution in [3.8, 4) is 0 Å². The minimum Gasteiger partial charge on any atom is -0.396 e. The fraction of sp³-hybridized carbons (Fsp3) is 0.143. The van der Waals surface area contributed by atoms with E-state index in [1.807, 2.05) is 42.5 Å². The zero-order chi connectivity index (χ0) is 19.5. The van der Waals surface area contributed by atoms with Crippen LogP contribution in [-0.2, 0) is 4.79 Å². The van der Waals surface area contributed by atoms with E-state index in [2.05, 4.69) is 26.6 Å². The lowest BCUT2D eigenvalue weighted by Crippen LogP contribution is -2.35. The second-order valence-corrected chi connectivity index (χ2v) is 6.56. The second kappa shape index (κ2) is 11.1. The molecule has 0 aromatic heterocycles. The Kier molecular flexibility index (Phi) is 8.48. The summed E-state index contributed by atoms with van der Waals surface area (Å²) in [6, 6.07) is 16.5. The molecule has 0 bridgehead atoms. The number of allylic oxidation sites excluding steroid dienone is 2. The molecule has 0 aliphatic rings. The molecule has 0 atom stereocenters. The van der Waals surface area contributed by atoms with Gasteiger partial charge in [-0.1, -0.05) is 64.5 Å². The lowest BCUT2D eigenvalue weighted by molar-refractivity contribution is -0.117. The highest BCUT2D eigenvalue weighted by molar-refractivity contribution is 9.10. The third kappa shape index (κ3) is 7.21. The Morgan fingerprint density at radius 2 is 1.85 bits per heavy atom. The lowest BCUT2D eigenvalue weighted by atomic mass is 10.2. The van der Waals surface area contributed by atoms with E-state index in [4.69, 9.17) is 5.11 Å². The maximum Gasteiger partial charge on any atom is 0.267 e. The summed E-state index contributed by atoms with van der Waals surface area (Å²) in [5.74, 6) is -0.794. The molecule has 0 saturated heterocycles. The van der Waals surface area contributed by atoms with Crippen LogP contribution in [0.15, 0.2) is 76.9 Å². The van der Waals surface area contributed by atoms with E-state index in [-0.39, 0.29) is 18.2 Å². The highest BCUT2D eigenvalue weighted by Crippen LogP contribution is 2.12. The SMILES string of the molecule is O=C(NCCCO)C(=CC=Cc1ccccc1)NC(=O)c1cccc(Br)c1. The Morgan fingerprint density at radius 1 is 1.07 bits per heavy atom. The zero-order valence-electron chi connectivity index (χ0n) is 14.7. The van der Waals surface area contributed by atoms with E-state index in [9.17, 15) is 9.59 Å². The Hall–Kier alpha value is -2.70. The number of nitrogens with one attached hydrogen (secondary N) is 2. The Labute approximate surface area is 166 Å². The summed E-state index contributed by atoms with van der Waals surface area (Å²) in [5, 5.41) is 14.2. The summed E-state index contributed by atoms with van der Waals surface area (Å²) >= 11 is 3.33. The van der Waals surface area contributed by atoms with Gasteiger partial charge in [-0.15, -0.1) is 0 Å². The molecule has 140 valence electrons. The van der Waals surface area contributed by atoms with Crippen molar-refractivity contribution in [1.29, 1.82) is 0 Å². The highest BCUT2D eigenvalue weighted by atomic mass is 79.9. The van der Waals surface area contributed by atoms with Crippen molar-refractivity contribution in [3.63, 3.8) is 0 Å². The third-order valence-electron chi connectivity index (χ3n) is 3.55. The standard InChI is InChI=1S/C21H21BrN2O3/c22-18-11-5-10-17(15-18)20(26)24-19(21(27)23-13-6-14-25)12-4-9-16-7-2-1-3-8-16/h1-5,7-12,15,25H,6,13-14H2,(H,23,27)(H,24,26). The first-order valence-electron chi connectivity index (χ1n) is 8.49. The van der Waals surface area contributed by atoms with Crippen LogP contribution in [0.3, 0.4) is 0 Å². The van der Waals surface area contributed by atoms with Gasteiger partial charge in [0.05, 0.1) is 0 Å². The van der Waals surface area contributed by atoms with E-state index < -0.39 is 5.91 Å². The fourth-order valence-corrected chi connectivity index (χ4v) is 2.59. The van der Waals surface area contributed by atoms with Crippen molar-refractivity contribution in [2.45, 2.75) is 6.42 Å². The van der Waals surface area contributed by atoms with Gasteiger partial charge in [0, 0.05) is 23.2 Å². The minimum absolute atomic E-state index is 0.0162. The van der Waals surface area contributed by atoms with Gasteiger partial charge >= 0.3 is 0 Å². The first-order valence-corrected chi connectivity index (χ1v) is 9.29. The minimum atomic E-state index is -0.412. The zero-order valence-corrected chi connectivity index (χ0v) is 16.3. The number of hydrogen-bond donors (Lipinski definition) is 3. The van der Waals surface area contributed by atoms with Crippen molar-refractivity contribution < 1.29 is 14.7 Å². The maximum atomic E-state index is 12.5. The van der Waals surface area contributed by atoms with Crippen molar-refractivity contribution in [1.82, 2.24) is 10.6 Å². The monoisotopic (exact) mass is 428 g/mol. The number of aliphatic hydroxyl groups is 1. The summed E-state index contributed by atoms with van der Waals surface area (Å²) in [6.07, 6.45) is 5.54. The molecular formula is C21H21BrN2O3. The van der Waals surface area contributed by atoms with Gasteiger partial charge in [-0.05, 0) is 36.3 Å². The van der Waals surface area contributed by atoms with Gasteiger partial charge in [0.1, 0.15) is 5.70 Å². The average Bonchev–Trinajstić information content (AvgIpc) is 2.68. The Balaban J connectivity index is 2.15. The second-order valence-electron chi connectivity index (χ2n) is 5.65. The van der Waals surface area contributed by atoms with Crippen LogP contribution in [0.25, 0.3) is 6.08 Å². The van der Waals surface area contributed by atoms with Gasteiger partial charge in [0.15, 0.2) is 0 Å². The molecule has 0 unspecified atom stereocenters. The molecule has 2 amide bonds. The van der Waals surface area contributed by atoms with E-state index in [0.717, 1.165) is 10.0 Å². The largest absolute Gasteiger partial charge is 0.396 e. The number of carbonyl (C=O) groups excluding carboxylic acids is 2. The molecule has 2 rings (SSSR count). The van der Waals surface area contributed by atoms with Crippen molar-refractivity contribution >= 4 is 33.8 Å². The van der Waals surface area contributed by atoms with Gasteiger partial charge in [-0.2, -0.15) is 0 Å². The molecule has 0 saturated carbocycles. The molecule has 5 nitrogen and oxygen atoms in total.